The first-order valence-corrected chi connectivity index (χ1v) is 21.7. The molecule has 0 radical (unpaired) electrons. The van der Waals surface area contributed by atoms with Crippen LogP contribution in [0.1, 0.15) is 86.0 Å². The molecule has 2 saturated carbocycles. The van der Waals surface area contributed by atoms with Gasteiger partial charge >= 0.3 is 12.1 Å². The Balaban J connectivity index is 1.50. The molecule has 1 saturated heterocycles. The van der Waals surface area contributed by atoms with Gasteiger partial charge in [-0.3, -0.25) is 33.7 Å². The van der Waals surface area contributed by atoms with Crippen LogP contribution in [0.5, 0.6) is 5.88 Å². The number of allylic oxidation sites excluding steroid dienone is 1. The maximum absolute atomic E-state index is 17.7. The van der Waals surface area contributed by atoms with Gasteiger partial charge in [0.25, 0.3) is 17.4 Å². The number of ether oxygens (including phenoxy) is 2. The van der Waals surface area contributed by atoms with Crippen LogP contribution in [0.4, 0.5) is 13.6 Å². The quantitative estimate of drug-likeness (QED) is 0.218. The molecule has 4 amide bonds. The number of nitrogens with zero attached hydrogens (tertiary/aromatic N) is 4. The van der Waals surface area contributed by atoms with Crippen LogP contribution in [0.25, 0.3) is 10.8 Å². The first-order valence-electron chi connectivity index (χ1n) is 20.2. The van der Waals surface area contributed by atoms with E-state index in [2.05, 4.69) is 15.1 Å². The lowest BCUT2D eigenvalue weighted by Gasteiger charge is -2.42. The number of carbonyl (C=O) groups excluding carboxylic acids is 3. The summed E-state index contributed by atoms with van der Waals surface area (Å²) in [5.41, 5.74) is -5.13. The van der Waals surface area contributed by atoms with Gasteiger partial charge in [-0.05, 0) is 82.8 Å². The molecule has 2 aliphatic heterocycles. The summed E-state index contributed by atoms with van der Waals surface area (Å²) in [6.45, 7) is 7.78. The molecule has 1 aromatic heterocycles. The Morgan fingerprint density at radius 2 is 1.80 bits per heavy atom. The van der Waals surface area contributed by atoms with E-state index in [0.29, 0.717) is 25.7 Å². The van der Waals surface area contributed by atoms with Crippen LogP contribution < -0.4 is 20.3 Å². The van der Waals surface area contributed by atoms with Crippen molar-refractivity contribution in [2.24, 2.45) is 17.8 Å². The van der Waals surface area contributed by atoms with Crippen LogP contribution in [-0.4, -0.2) is 111 Å². The second kappa shape index (κ2) is 16.4. The Hall–Kier alpha value is -4.65. The monoisotopic (exact) mass is 848 g/mol. The zero-order chi connectivity index (χ0) is 43.2. The lowest BCUT2D eigenvalue weighted by Crippen LogP contribution is -2.64. The molecule has 0 spiro atoms. The Morgan fingerprint density at radius 3 is 2.42 bits per heavy atom. The van der Waals surface area contributed by atoms with E-state index < -0.39 is 104 Å². The fourth-order valence-electron chi connectivity index (χ4n) is 8.51. The first kappa shape index (κ1) is 43.9. The summed E-state index contributed by atoms with van der Waals surface area (Å²) in [5.74, 6) is -5.58. The van der Waals surface area contributed by atoms with E-state index >= 15 is 13.6 Å². The third-order valence-electron chi connectivity index (χ3n) is 12.3. The molecule has 3 heterocycles. The van der Waals surface area contributed by atoms with E-state index in [0.717, 1.165) is 16.5 Å². The minimum atomic E-state index is -4.35. The van der Waals surface area contributed by atoms with E-state index in [9.17, 15) is 32.7 Å². The molecule has 59 heavy (non-hydrogen) atoms. The molecule has 324 valence electrons. The highest BCUT2D eigenvalue weighted by Gasteiger charge is 2.71. The second-order valence-corrected chi connectivity index (χ2v) is 18.8. The number of amides is 4. The summed E-state index contributed by atoms with van der Waals surface area (Å²) in [5, 5.41) is 16.8. The summed E-state index contributed by atoms with van der Waals surface area (Å²) in [7, 11) is -2.68. The molecule has 3 N–H and O–H groups in total. The van der Waals surface area contributed by atoms with Crippen molar-refractivity contribution >= 4 is 44.6 Å². The number of fused-ring (bicyclic) bond motifs is 3. The largest absolute Gasteiger partial charge is 0.465 e. The van der Waals surface area contributed by atoms with Crippen LogP contribution in [-0.2, 0) is 35.7 Å². The van der Waals surface area contributed by atoms with Gasteiger partial charge in [-0.25, -0.2) is 17.9 Å². The minimum absolute atomic E-state index is 0.0406. The minimum Gasteiger partial charge on any atom is -0.465 e. The van der Waals surface area contributed by atoms with Gasteiger partial charge in [0.15, 0.2) is 5.60 Å². The number of halogens is 2. The van der Waals surface area contributed by atoms with Crippen LogP contribution in [0, 0.1) is 17.8 Å². The van der Waals surface area contributed by atoms with Crippen molar-refractivity contribution in [3.63, 3.8) is 0 Å². The van der Waals surface area contributed by atoms with Crippen LogP contribution in [0.3, 0.4) is 0 Å². The topological polar surface area (TPSA) is 207 Å². The molecule has 2 aliphatic carbocycles. The van der Waals surface area contributed by atoms with Crippen LogP contribution in [0.2, 0.25) is 0 Å². The zero-order valence-corrected chi connectivity index (χ0v) is 35.0. The van der Waals surface area contributed by atoms with Crippen molar-refractivity contribution in [1.29, 1.82) is 0 Å². The van der Waals surface area contributed by atoms with Crippen molar-refractivity contribution < 1.29 is 51.0 Å². The molecular weight excluding hydrogens is 795 g/mol. The SMILES string of the molecule is CCC(C)N(C(=O)O)[C@@H]1C(=O)N2[C@@H](C[C@@](C)(Oc3nn(CCOC)c(=O)c4ccccc34)C2(F)F)C(=O)NC2(C(=O)NS(=O)(=O)C3CC3)CC2/C=C\CC[C@@H](C)C[C@H]1C. The molecule has 16 nitrogen and oxygen atoms in total. The van der Waals surface area contributed by atoms with E-state index in [4.69, 9.17) is 9.47 Å². The molecule has 3 unspecified atom stereocenters. The van der Waals surface area contributed by atoms with Gasteiger partial charge in [-0.2, -0.15) is 8.78 Å². The first-order chi connectivity index (χ1) is 27.7. The van der Waals surface area contributed by atoms with Crippen molar-refractivity contribution in [3.8, 4) is 5.88 Å². The summed E-state index contributed by atoms with van der Waals surface area (Å²) >= 11 is 0. The maximum Gasteiger partial charge on any atom is 0.408 e. The number of hydrogen-bond acceptors (Lipinski definition) is 10. The molecule has 0 bridgehead atoms. The maximum atomic E-state index is 17.7. The average molecular weight is 849 g/mol. The van der Waals surface area contributed by atoms with Crippen molar-refractivity contribution in [1.82, 2.24) is 29.6 Å². The predicted molar refractivity (Wildman–Crippen MR) is 211 cm³/mol. The zero-order valence-electron chi connectivity index (χ0n) is 34.2. The summed E-state index contributed by atoms with van der Waals surface area (Å²) in [6.07, 6.45) is 3.38. The van der Waals surface area contributed by atoms with Crippen LogP contribution >= 0.6 is 0 Å². The fourth-order valence-corrected chi connectivity index (χ4v) is 9.87. The van der Waals surface area contributed by atoms with Crippen molar-refractivity contribution in [2.75, 3.05) is 13.7 Å². The number of benzene rings is 1. The Morgan fingerprint density at radius 1 is 1.12 bits per heavy atom. The van der Waals surface area contributed by atoms with Gasteiger partial charge in [0, 0.05) is 25.5 Å². The third-order valence-corrected chi connectivity index (χ3v) is 14.2. The predicted octanol–water partition coefficient (Wildman–Crippen LogP) is 4.02. The third kappa shape index (κ3) is 8.28. The van der Waals surface area contributed by atoms with Crippen molar-refractivity contribution in [3.05, 3.63) is 46.8 Å². The second-order valence-electron chi connectivity index (χ2n) is 16.8. The van der Waals surface area contributed by atoms with E-state index in [1.165, 1.54) is 19.2 Å². The Labute approximate surface area is 341 Å². The number of nitrogens with one attached hydrogen (secondary N) is 2. The normalized spacial score (nSPS) is 30.8. The summed E-state index contributed by atoms with van der Waals surface area (Å²) in [4.78, 5) is 70.9. The van der Waals surface area contributed by atoms with Gasteiger partial charge < -0.3 is 19.9 Å². The number of carboxylic acid groups (broad SMARTS) is 1. The molecule has 2 aromatic rings. The van der Waals surface area contributed by atoms with E-state index in [1.54, 1.807) is 39.0 Å². The highest BCUT2D eigenvalue weighted by atomic mass is 32.2. The average Bonchev–Trinajstić information content (AvgIpc) is 4.11. The van der Waals surface area contributed by atoms with E-state index in [-0.39, 0.29) is 54.0 Å². The van der Waals surface area contributed by atoms with Gasteiger partial charge in [0.2, 0.25) is 21.8 Å². The van der Waals surface area contributed by atoms with Crippen LogP contribution in [0.15, 0.2) is 41.2 Å². The number of methoxy groups -OCH3 is 1. The highest BCUT2D eigenvalue weighted by molar-refractivity contribution is 7.91. The summed E-state index contributed by atoms with van der Waals surface area (Å²) in [6, 6.07) is -2.83. The van der Waals surface area contributed by atoms with E-state index in [1.807, 2.05) is 13.0 Å². The lowest BCUT2D eigenvalue weighted by molar-refractivity contribution is -0.219. The Bertz CT molecular complexity index is 2180. The molecule has 8 atom stereocenters. The number of rotatable bonds is 11. The smallest absolute Gasteiger partial charge is 0.408 e. The summed E-state index contributed by atoms with van der Waals surface area (Å²) < 4.78 is 75.6. The molecule has 6 rings (SSSR count). The molecule has 19 heteroatoms. The van der Waals surface area contributed by atoms with Gasteiger partial charge in [0.05, 0.1) is 29.2 Å². The molecule has 3 fully saturated rings. The highest BCUT2D eigenvalue weighted by Crippen LogP contribution is 2.51. The number of alkyl halides is 2. The fraction of sp³-hybridized carbons (Fsp3) is 0.650. The van der Waals surface area contributed by atoms with Gasteiger partial charge in [-0.15, -0.1) is 5.10 Å². The number of aromatic nitrogens is 2. The van der Waals surface area contributed by atoms with Crippen molar-refractivity contribution in [2.45, 2.75) is 133 Å². The van der Waals surface area contributed by atoms with Gasteiger partial charge in [0.1, 0.15) is 17.6 Å². The standard InChI is InChI=1S/C40H54F2N6O10S/c1-7-25(4)47(37(53)54)31-24(3)20-23(2)12-8-9-13-26-21-39(26,36(52)45-59(55,56)27-16-17-27)43-32(49)30-22-38(5,40(41,42)48(30)35(31)51)58-33-28-14-10-11-15-29(28)34(50)46(44-33)18-19-57-6/h9-11,13-15,23-27,30-31H,7-8,12,16-22H2,1-6H3,(H,43,49)(H,45,52)(H,53,54)/b13-9-/t23-,24-,25?,26?,30+,31+,38-,39?/m1/s1. The van der Waals surface area contributed by atoms with Gasteiger partial charge in [-0.1, -0.05) is 45.1 Å². The Kier molecular flexibility index (Phi) is 12.2. The number of hydrogen-bond donors (Lipinski definition) is 3. The molecule has 4 aliphatic rings. The molecule has 1 aromatic carbocycles. The number of carbonyl (C=O) groups is 4. The molecular formula is C40H54F2N6O10S. The lowest BCUT2D eigenvalue weighted by atomic mass is 9.86. The number of sulfonamides is 1.